The van der Waals surface area contributed by atoms with Crippen molar-refractivity contribution >= 4 is 5.91 Å². The summed E-state index contributed by atoms with van der Waals surface area (Å²) in [6.07, 6.45) is 0.244. The minimum Gasteiger partial charge on any atom is -0.391 e. The molecule has 0 aromatic heterocycles. The van der Waals surface area contributed by atoms with Crippen LogP contribution in [-0.2, 0) is 4.79 Å². The fourth-order valence-corrected chi connectivity index (χ4v) is 2.02. The van der Waals surface area contributed by atoms with Crippen molar-refractivity contribution in [3.8, 4) is 0 Å². The van der Waals surface area contributed by atoms with Gasteiger partial charge in [-0.25, -0.2) is 0 Å². The molecule has 0 bridgehead atoms. The number of nitrogens with zero attached hydrogens (tertiary/aromatic N) is 2. The van der Waals surface area contributed by atoms with E-state index < -0.39 is 12.1 Å². The molecule has 1 saturated heterocycles. The number of likely N-dealkylation sites (N-methyl/N-ethyl adjacent to an activating group) is 1. The van der Waals surface area contributed by atoms with Crippen LogP contribution in [0.3, 0.4) is 0 Å². The van der Waals surface area contributed by atoms with Gasteiger partial charge in [-0.2, -0.15) is 0 Å². The lowest BCUT2D eigenvalue weighted by molar-refractivity contribution is -0.133. The number of rotatable bonds is 3. The van der Waals surface area contributed by atoms with E-state index in [1.807, 2.05) is 19.0 Å². The lowest BCUT2D eigenvalue weighted by Crippen LogP contribution is -2.47. The van der Waals surface area contributed by atoms with Crippen LogP contribution in [0, 0.1) is 0 Å². The van der Waals surface area contributed by atoms with Gasteiger partial charge < -0.3 is 20.6 Å². The predicted octanol–water partition coefficient (Wildman–Crippen LogP) is -1.14. The van der Waals surface area contributed by atoms with Gasteiger partial charge in [0, 0.05) is 19.1 Å². The summed E-state index contributed by atoms with van der Waals surface area (Å²) in [4.78, 5) is 15.5. The fourth-order valence-electron chi connectivity index (χ4n) is 2.02. The van der Waals surface area contributed by atoms with E-state index in [1.54, 1.807) is 11.8 Å². The van der Waals surface area contributed by atoms with E-state index in [1.165, 1.54) is 0 Å². The van der Waals surface area contributed by atoms with Crippen LogP contribution in [0.25, 0.3) is 0 Å². The molecule has 0 aromatic carbocycles. The summed E-state index contributed by atoms with van der Waals surface area (Å²) in [7, 11) is 3.92. The first-order valence-electron chi connectivity index (χ1n) is 5.30. The smallest absolute Gasteiger partial charge is 0.239 e. The van der Waals surface area contributed by atoms with E-state index in [9.17, 15) is 9.90 Å². The van der Waals surface area contributed by atoms with Crippen molar-refractivity contribution < 1.29 is 9.90 Å². The summed E-state index contributed by atoms with van der Waals surface area (Å²) in [5.41, 5.74) is 5.57. The van der Waals surface area contributed by atoms with Crippen LogP contribution in [0.15, 0.2) is 0 Å². The van der Waals surface area contributed by atoms with Crippen molar-refractivity contribution in [1.29, 1.82) is 0 Å². The molecule has 5 heteroatoms. The highest BCUT2D eigenvalue weighted by Gasteiger charge is 2.35. The summed E-state index contributed by atoms with van der Waals surface area (Å²) in [5, 5.41) is 9.56. The first kappa shape index (κ1) is 12.4. The highest BCUT2D eigenvalue weighted by atomic mass is 16.3. The van der Waals surface area contributed by atoms with Gasteiger partial charge >= 0.3 is 0 Å². The standard InChI is InChI=1S/C10H21N3O2/c1-7(11)10(15)13-6-9(14)4-8(13)5-12(2)3/h7-9,14H,4-6,11H2,1-3H3. The molecule has 0 aliphatic carbocycles. The zero-order valence-electron chi connectivity index (χ0n) is 9.68. The van der Waals surface area contributed by atoms with Crippen LogP contribution in [0.5, 0.6) is 0 Å². The number of aliphatic hydroxyl groups is 1. The third-order valence-corrected chi connectivity index (χ3v) is 2.64. The van der Waals surface area contributed by atoms with Crippen LogP contribution < -0.4 is 5.73 Å². The molecule has 1 aliphatic heterocycles. The van der Waals surface area contributed by atoms with Gasteiger partial charge in [0.25, 0.3) is 0 Å². The van der Waals surface area contributed by atoms with Gasteiger partial charge in [-0.3, -0.25) is 4.79 Å². The summed E-state index contributed by atoms with van der Waals surface area (Å²) in [5.74, 6) is -0.0709. The summed E-state index contributed by atoms with van der Waals surface area (Å²) >= 11 is 0. The van der Waals surface area contributed by atoms with Gasteiger partial charge in [-0.05, 0) is 27.4 Å². The Morgan fingerprint density at radius 3 is 2.73 bits per heavy atom. The van der Waals surface area contributed by atoms with E-state index in [2.05, 4.69) is 0 Å². The van der Waals surface area contributed by atoms with Gasteiger partial charge in [-0.15, -0.1) is 0 Å². The van der Waals surface area contributed by atoms with Crippen molar-refractivity contribution in [2.24, 2.45) is 5.73 Å². The second-order valence-electron chi connectivity index (χ2n) is 4.58. The normalized spacial score (nSPS) is 28.5. The van der Waals surface area contributed by atoms with Crippen molar-refractivity contribution in [3.63, 3.8) is 0 Å². The molecule has 0 saturated carbocycles. The molecular formula is C10H21N3O2. The lowest BCUT2D eigenvalue weighted by Gasteiger charge is -2.28. The SMILES string of the molecule is CC(N)C(=O)N1CC(O)CC1CN(C)C. The Labute approximate surface area is 90.8 Å². The molecule has 1 heterocycles. The summed E-state index contributed by atoms with van der Waals surface area (Å²) < 4.78 is 0. The zero-order valence-corrected chi connectivity index (χ0v) is 9.68. The van der Waals surface area contributed by atoms with Crippen molar-refractivity contribution in [3.05, 3.63) is 0 Å². The summed E-state index contributed by atoms with van der Waals surface area (Å²) in [6, 6.07) is -0.395. The average Bonchev–Trinajstić information content (AvgIpc) is 2.44. The minimum absolute atomic E-state index is 0.0709. The fraction of sp³-hybridized carbons (Fsp3) is 0.900. The van der Waals surface area contributed by atoms with Gasteiger partial charge in [0.2, 0.25) is 5.91 Å². The maximum absolute atomic E-state index is 11.8. The third-order valence-electron chi connectivity index (χ3n) is 2.64. The molecule has 3 N–H and O–H groups in total. The third kappa shape index (κ3) is 3.15. The highest BCUT2D eigenvalue weighted by Crippen LogP contribution is 2.19. The largest absolute Gasteiger partial charge is 0.391 e. The van der Waals surface area contributed by atoms with Crippen LogP contribution in [0.2, 0.25) is 0 Å². The molecule has 1 aliphatic rings. The van der Waals surface area contributed by atoms with E-state index in [-0.39, 0.29) is 11.9 Å². The van der Waals surface area contributed by atoms with Crippen molar-refractivity contribution in [1.82, 2.24) is 9.80 Å². The number of likely N-dealkylation sites (tertiary alicyclic amines) is 1. The van der Waals surface area contributed by atoms with Crippen molar-refractivity contribution in [2.75, 3.05) is 27.2 Å². The molecular weight excluding hydrogens is 194 g/mol. The number of aliphatic hydroxyl groups excluding tert-OH is 1. The lowest BCUT2D eigenvalue weighted by atomic mass is 10.2. The highest BCUT2D eigenvalue weighted by molar-refractivity contribution is 5.81. The molecule has 1 fully saturated rings. The predicted molar refractivity (Wildman–Crippen MR) is 58.3 cm³/mol. The molecule has 0 spiro atoms. The number of β-amino-alcohol motifs (C(OH)–C–C–N with tert-alkyl or cyclic N) is 1. The Hall–Kier alpha value is -0.650. The monoisotopic (exact) mass is 215 g/mol. The topological polar surface area (TPSA) is 69.8 Å². The first-order valence-corrected chi connectivity index (χ1v) is 5.30. The van der Waals surface area contributed by atoms with Crippen LogP contribution in [0.1, 0.15) is 13.3 Å². The number of hydrogen-bond donors (Lipinski definition) is 2. The van der Waals surface area contributed by atoms with Crippen LogP contribution in [0.4, 0.5) is 0 Å². The first-order chi connectivity index (χ1) is 6.91. The molecule has 0 aromatic rings. The Bertz CT molecular complexity index is 231. The molecule has 88 valence electrons. The summed E-state index contributed by atoms with van der Waals surface area (Å²) in [6.45, 7) is 2.87. The van der Waals surface area contributed by atoms with Gasteiger partial charge in [-0.1, -0.05) is 0 Å². The molecule has 1 amide bonds. The van der Waals surface area contributed by atoms with Gasteiger partial charge in [0.15, 0.2) is 0 Å². The zero-order chi connectivity index (χ0) is 11.6. The number of nitrogens with two attached hydrogens (primary N) is 1. The molecule has 15 heavy (non-hydrogen) atoms. The van der Waals surface area contributed by atoms with E-state index in [0.29, 0.717) is 13.0 Å². The number of carbonyl (C=O) groups is 1. The van der Waals surface area contributed by atoms with Gasteiger partial charge in [0.05, 0.1) is 12.1 Å². The van der Waals surface area contributed by atoms with E-state index in [4.69, 9.17) is 5.73 Å². The number of carbonyl (C=O) groups excluding carboxylic acids is 1. The minimum atomic E-state index is -0.486. The van der Waals surface area contributed by atoms with E-state index >= 15 is 0 Å². The van der Waals surface area contributed by atoms with E-state index in [0.717, 1.165) is 6.54 Å². The quantitative estimate of drug-likeness (QED) is 0.624. The average molecular weight is 215 g/mol. The van der Waals surface area contributed by atoms with Crippen LogP contribution in [-0.4, -0.2) is 66.2 Å². The Morgan fingerprint density at radius 1 is 1.67 bits per heavy atom. The van der Waals surface area contributed by atoms with Crippen molar-refractivity contribution in [2.45, 2.75) is 31.5 Å². The maximum Gasteiger partial charge on any atom is 0.239 e. The number of hydrogen-bond acceptors (Lipinski definition) is 4. The van der Waals surface area contributed by atoms with Gasteiger partial charge in [0.1, 0.15) is 0 Å². The number of amides is 1. The molecule has 1 rings (SSSR count). The molecule has 5 nitrogen and oxygen atoms in total. The van der Waals surface area contributed by atoms with Crippen LogP contribution >= 0.6 is 0 Å². The Balaban J connectivity index is 2.64. The maximum atomic E-state index is 11.8. The molecule has 0 radical (unpaired) electrons. The second kappa shape index (κ2) is 4.92. The molecule has 3 unspecified atom stereocenters. The molecule has 3 atom stereocenters. The second-order valence-corrected chi connectivity index (χ2v) is 4.58. The Kier molecular flexibility index (Phi) is 4.07. The Morgan fingerprint density at radius 2 is 2.27 bits per heavy atom.